The Morgan fingerprint density at radius 1 is 1.42 bits per heavy atom. The van der Waals surface area contributed by atoms with Crippen LogP contribution in [0.15, 0.2) is 18.2 Å². The number of nitrogens with two attached hydrogens (primary N) is 1. The number of rotatable bonds is 4. The van der Waals surface area contributed by atoms with E-state index in [0.29, 0.717) is 6.42 Å². The van der Waals surface area contributed by atoms with E-state index in [9.17, 15) is 9.18 Å². The Morgan fingerprint density at radius 2 is 2.05 bits per heavy atom. The summed E-state index contributed by atoms with van der Waals surface area (Å²) >= 11 is 0. The van der Waals surface area contributed by atoms with Crippen molar-refractivity contribution >= 4 is 5.91 Å². The lowest BCUT2D eigenvalue weighted by molar-refractivity contribution is -0.126. The number of aryl methyl sites for hydroxylation is 1. The van der Waals surface area contributed by atoms with Gasteiger partial charge >= 0.3 is 0 Å². The van der Waals surface area contributed by atoms with Crippen molar-refractivity contribution in [2.24, 2.45) is 11.7 Å². The van der Waals surface area contributed by atoms with Gasteiger partial charge < -0.3 is 11.1 Å². The van der Waals surface area contributed by atoms with Gasteiger partial charge in [-0.1, -0.05) is 6.07 Å². The van der Waals surface area contributed by atoms with Gasteiger partial charge in [-0.25, -0.2) is 4.39 Å². The Morgan fingerprint density at radius 3 is 2.58 bits per heavy atom. The lowest BCUT2D eigenvalue weighted by atomic mass is 9.94. The zero-order valence-electron chi connectivity index (χ0n) is 12.1. The maximum atomic E-state index is 13.2. The molecule has 3 nitrogen and oxygen atoms in total. The molecule has 0 spiro atoms. The molecule has 1 amide bonds. The molecule has 0 aliphatic rings. The first-order valence-electron chi connectivity index (χ1n) is 6.50. The van der Waals surface area contributed by atoms with Crippen molar-refractivity contribution in [3.05, 3.63) is 35.1 Å². The quantitative estimate of drug-likeness (QED) is 0.877. The van der Waals surface area contributed by atoms with Gasteiger partial charge in [0.05, 0.1) is 5.92 Å². The largest absolute Gasteiger partial charge is 0.351 e. The first kappa shape index (κ1) is 15.6. The maximum absolute atomic E-state index is 13.2. The molecule has 0 aliphatic carbocycles. The fourth-order valence-corrected chi connectivity index (χ4v) is 1.88. The van der Waals surface area contributed by atoms with Crippen LogP contribution in [0.2, 0.25) is 0 Å². The summed E-state index contributed by atoms with van der Waals surface area (Å²) in [5, 5.41) is 2.91. The van der Waals surface area contributed by atoms with Crippen LogP contribution in [0.3, 0.4) is 0 Å². The van der Waals surface area contributed by atoms with Gasteiger partial charge in [0.25, 0.3) is 0 Å². The third kappa shape index (κ3) is 4.99. The first-order valence-corrected chi connectivity index (χ1v) is 6.50. The van der Waals surface area contributed by atoms with E-state index in [0.717, 1.165) is 11.1 Å². The van der Waals surface area contributed by atoms with Crippen molar-refractivity contribution in [1.82, 2.24) is 5.32 Å². The average Bonchev–Trinajstić information content (AvgIpc) is 2.27. The van der Waals surface area contributed by atoms with Crippen LogP contribution in [0.4, 0.5) is 4.39 Å². The topological polar surface area (TPSA) is 55.1 Å². The highest BCUT2D eigenvalue weighted by atomic mass is 19.1. The minimum absolute atomic E-state index is 0.0846. The van der Waals surface area contributed by atoms with E-state index >= 15 is 0 Å². The Balaban J connectivity index is 2.82. The van der Waals surface area contributed by atoms with Gasteiger partial charge in [-0.15, -0.1) is 0 Å². The highest BCUT2D eigenvalue weighted by Gasteiger charge is 2.22. The highest BCUT2D eigenvalue weighted by molar-refractivity contribution is 5.79. The zero-order chi connectivity index (χ0) is 14.6. The van der Waals surface area contributed by atoms with Crippen LogP contribution in [-0.2, 0) is 11.2 Å². The van der Waals surface area contributed by atoms with E-state index in [2.05, 4.69) is 5.32 Å². The van der Waals surface area contributed by atoms with Gasteiger partial charge in [0.15, 0.2) is 0 Å². The molecule has 19 heavy (non-hydrogen) atoms. The lowest BCUT2D eigenvalue weighted by Gasteiger charge is -2.24. The van der Waals surface area contributed by atoms with Crippen molar-refractivity contribution in [3.63, 3.8) is 0 Å². The van der Waals surface area contributed by atoms with Gasteiger partial charge in [0.2, 0.25) is 5.91 Å². The second kappa shape index (κ2) is 6.15. The molecule has 0 saturated carbocycles. The minimum atomic E-state index is -0.334. The fraction of sp³-hybridized carbons (Fsp3) is 0.533. The fourth-order valence-electron chi connectivity index (χ4n) is 1.88. The molecule has 3 N–H and O–H groups in total. The summed E-state index contributed by atoms with van der Waals surface area (Å²) in [7, 11) is 0. The van der Waals surface area contributed by atoms with Gasteiger partial charge in [-0.2, -0.15) is 0 Å². The third-order valence-corrected chi connectivity index (χ3v) is 2.93. The van der Waals surface area contributed by atoms with E-state index in [1.165, 1.54) is 12.1 Å². The van der Waals surface area contributed by atoms with Crippen molar-refractivity contribution in [1.29, 1.82) is 0 Å². The van der Waals surface area contributed by atoms with Crippen LogP contribution < -0.4 is 11.1 Å². The second-order valence-corrected chi connectivity index (χ2v) is 5.95. The number of carbonyl (C=O) groups is 1. The van der Waals surface area contributed by atoms with Gasteiger partial charge in [-0.05, 0) is 57.4 Å². The predicted octanol–water partition coefficient (Wildman–Crippen LogP) is 2.17. The van der Waals surface area contributed by atoms with E-state index in [1.54, 1.807) is 6.07 Å². The number of amides is 1. The number of benzene rings is 1. The molecular formula is C15H23FN2O. The SMILES string of the molecule is Cc1ccc(F)cc1CC(CN)C(=O)NC(C)(C)C. The van der Waals surface area contributed by atoms with Crippen molar-refractivity contribution < 1.29 is 9.18 Å². The number of hydrogen-bond acceptors (Lipinski definition) is 2. The van der Waals surface area contributed by atoms with E-state index in [4.69, 9.17) is 5.73 Å². The molecule has 1 unspecified atom stereocenters. The molecule has 0 aliphatic heterocycles. The van der Waals surface area contributed by atoms with Crippen LogP contribution in [-0.4, -0.2) is 18.0 Å². The molecule has 1 rings (SSSR count). The highest BCUT2D eigenvalue weighted by Crippen LogP contribution is 2.16. The van der Waals surface area contributed by atoms with Crippen LogP contribution >= 0.6 is 0 Å². The molecule has 0 saturated heterocycles. The third-order valence-electron chi connectivity index (χ3n) is 2.93. The Bertz CT molecular complexity index is 452. The molecule has 106 valence electrons. The van der Waals surface area contributed by atoms with Crippen LogP contribution in [0.5, 0.6) is 0 Å². The van der Waals surface area contributed by atoms with Crippen LogP contribution in [0, 0.1) is 18.7 Å². The van der Waals surface area contributed by atoms with Gasteiger partial charge in [-0.3, -0.25) is 4.79 Å². The Hall–Kier alpha value is -1.42. The summed E-state index contributed by atoms with van der Waals surface area (Å²) in [6.45, 7) is 7.92. The van der Waals surface area contributed by atoms with Gasteiger partial charge in [0, 0.05) is 12.1 Å². The summed E-state index contributed by atoms with van der Waals surface area (Å²) in [6, 6.07) is 4.62. The standard InChI is InChI=1S/C15H23FN2O/c1-10-5-6-13(16)8-11(10)7-12(9-17)14(19)18-15(2,3)4/h5-6,8,12H,7,9,17H2,1-4H3,(H,18,19). The van der Waals surface area contributed by atoms with Crippen molar-refractivity contribution in [2.75, 3.05) is 6.54 Å². The smallest absolute Gasteiger partial charge is 0.225 e. The minimum Gasteiger partial charge on any atom is -0.351 e. The predicted molar refractivity (Wildman–Crippen MR) is 75.3 cm³/mol. The molecule has 1 atom stereocenters. The van der Waals surface area contributed by atoms with Crippen LogP contribution in [0.1, 0.15) is 31.9 Å². The van der Waals surface area contributed by atoms with E-state index in [1.807, 2.05) is 27.7 Å². The lowest BCUT2D eigenvalue weighted by Crippen LogP contribution is -2.46. The van der Waals surface area contributed by atoms with E-state index in [-0.39, 0.29) is 29.7 Å². The molecule has 4 heteroatoms. The van der Waals surface area contributed by atoms with Crippen LogP contribution in [0.25, 0.3) is 0 Å². The zero-order valence-corrected chi connectivity index (χ0v) is 12.1. The normalized spacial score (nSPS) is 13.2. The Labute approximate surface area is 114 Å². The van der Waals surface area contributed by atoms with Gasteiger partial charge in [0.1, 0.15) is 5.82 Å². The first-order chi connectivity index (χ1) is 8.73. The van der Waals surface area contributed by atoms with Crippen molar-refractivity contribution in [2.45, 2.75) is 39.7 Å². The number of hydrogen-bond donors (Lipinski definition) is 2. The number of halogens is 1. The number of nitrogens with one attached hydrogen (secondary N) is 1. The molecule has 0 heterocycles. The number of carbonyl (C=O) groups excluding carboxylic acids is 1. The van der Waals surface area contributed by atoms with Crippen molar-refractivity contribution in [3.8, 4) is 0 Å². The van der Waals surface area contributed by atoms with E-state index < -0.39 is 0 Å². The molecule has 0 radical (unpaired) electrons. The summed E-state index contributed by atoms with van der Waals surface area (Å²) in [5.74, 6) is -0.703. The summed E-state index contributed by atoms with van der Waals surface area (Å²) in [5.41, 5.74) is 7.19. The summed E-state index contributed by atoms with van der Waals surface area (Å²) < 4.78 is 13.2. The average molecular weight is 266 g/mol. The maximum Gasteiger partial charge on any atom is 0.225 e. The second-order valence-electron chi connectivity index (χ2n) is 5.95. The summed E-state index contributed by atoms with van der Waals surface area (Å²) in [4.78, 5) is 12.1. The molecular weight excluding hydrogens is 243 g/mol. The molecule has 0 bridgehead atoms. The monoisotopic (exact) mass is 266 g/mol. The molecule has 0 fully saturated rings. The Kier molecular flexibility index (Phi) is 5.06. The molecule has 1 aromatic carbocycles. The molecule has 0 aromatic heterocycles. The summed E-state index contributed by atoms with van der Waals surface area (Å²) in [6.07, 6.45) is 0.460. The molecule has 1 aromatic rings.